The zero-order valence-corrected chi connectivity index (χ0v) is 11.0. The van der Waals surface area contributed by atoms with E-state index in [4.69, 9.17) is 9.84 Å². The molecule has 0 saturated carbocycles. The maximum Gasteiger partial charge on any atom is 0.338 e. The van der Waals surface area contributed by atoms with Crippen molar-refractivity contribution in [3.05, 3.63) is 16.8 Å². The van der Waals surface area contributed by atoms with Crippen molar-refractivity contribution in [1.29, 1.82) is 0 Å². The number of hydrogen-bond acceptors (Lipinski definition) is 5. The number of methoxy groups -OCH3 is 1. The molecule has 0 radical (unpaired) electrons. The van der Waals surface area contributed by atoms with Crippen LogP contribution < -0.4 is 0 Å². The first-order valence-corrected chi connectivity index (χ1v) is 6.25. The van der Waals surface area contributed by atoms with Crippen molar-refractivity contribution in [1.82, 2.24) is 10.2 Å². The number of aromatic carboxylic acids is 1. The molecule has 6 heteroatoms. The first-order valence-electron chi connectivity index (χ1n) is 5.26. The molecule has 5 nitrogen and oxygen atoms in total. The molecule has 17 heavy (non-hydrogen) atoms. The highest BCUT2D eigenvalue weighted by molar-refractivity contribution is 7.99. The van der Waals surface area contributed by atoms with Gasteiger partial charge in [0.05, 0.1) is 11.3 Å². The van der Waals surface area contributed by atoms with Crippen LogP contribution in [0.4, 0.5) is 0 Å². The van der Waals surface area contributed by atoms with Gasteiger partial charge in [0, 0.05) is 19.5 Å². The Morgan fingerprint density at radius 3 is 2.71 bits per heavy atom. The molecule has 0 atom stereocenters. The molecule has 0 spiro atoms. The van der Waals surface area contributed by atoms with Crippen LogP contribution in [0.1, 0.15) is 28.0 Å². The fraction of sp³-hybridized carbons (Fsp3) is 0.545. The van der Waals surface area contributed by atoms with Crippen LogP contribution >= 0.6 is 11.8 Å². The van der Waals surface area contributed by atoms with Gasteiger partial charge in [-0.15, -0.1) is 16.9 Å². The van der Waals surface area contributed by atoms with Gasteiger partial charge in [0.2, 0.25) is 0 Å². The first kappa shape index (κ1) is 13.9. The Hall–Kier alpha value is -1.14. The summed E-state index contributed by atoms with van der Waals surface area (Å²) in [6, 6.07) is 0. The Morgan fingerprint density at radius 2 is 2.12 bits per heavy atom. The third kappa shape index (κ3) is 3.67. The van der Waals surface area contributed by atoms with Gasteiger partial charge in [-0.1, -0.05) is 0 Å². The average molecular weight is 256 g/mol. The summed E-state index contributed by atoms with van der Waals surface area (Å²) < 4.78 is 4.93. The van der Waals surface area contributed by atoms with E-state index in [9.17, 15) is 4.79 Å². The smallest absolute Gasteiger partial charge is 0.338 e. The third-order valence-corrected chi connectivity index (χ3v) is 3.42. The molecule has 1 aromatic heterocycles. The largest absolute Gasteiger partial charge is 0.478 e. The highest BCUT2D eigenvalue weighted by Gasteiger charge is 2.17. The molecule has 0 amide bonds. The van der Waals surface area contributed by atoms with Gasteiger partial charge in [0.15, 0.2) is 0 Å². The zero-order valence-electron chi connectivity index (χ0n) is 10.2. The lowest BCUT2D eigenvalue weighted by Crippen LogP contribution is -2.08. The monoisotopic (exact) mass is 256 g/mol. The van der Waals surface area contributed by atoms with Gasteiger partial charge in [-0.3, -0.25) is 0 Å². The fourth-order valence-corrected chi connectivity index (χ4v) is 2.25. The molecule has 0 aliphatic heterocycles. The maximum absolute atomic E-state index is 11.2. The molecule has 1 heterocycles. The number of carboxylic acids is 1. The van der Waals surface area contributed by atoms with Gasteiger partial charge in [-0.05, 0) is 25.8 Å². The Morgan fingerprint density at radius 1 is 1.41 bits per heavy atom. The van der Waals surface area contributed by atoms with Crippen molar-refractivity contribution < 1.29 is 14.6 Å². The zero-order chi connectivity index (χ0) is 12.8. The summed E-state index contributed by atoms with van der Waals surface area (Å²) >= 11 is 1.40. The van der Waals surface area contributed by atoms with Crippen LogP contribution in [-0.2, 0) is 4.74 Å². The van der Waals surface area contributed by atoms with E-state index in [-0.39, 0.29) is 5.56 Å². The number of nitrogens with zero attached hydrogens (tertiary/aromatic N) is 2. The number of thioether (sulfide) groups is 1. The van der Waals surface area contributed by atoms with E-state index >= 15 is 0 Å². The maximum atomic E-state index is 11.2. The van der Waals surface area contributed by atoms with Crippen LogP contribution in [0, 0.1) is 13.8 Å². The van der Waals surface area contributed by atoms with Crippen LogP contribution in [0.5, 0.6) is 0 Å². The second kappa shape index (κ2) is 6.56. The molecule has 0 aromatic carbocycles. The summed E-state index contributed by atoms with van der Waals surface area (Å²) in [6.07, 6.45) is 0.856. The van der Waals surface area contributed by atoms with Gasteiger partial charge in [0.25, 0.3) is 0 Å². The summed E-state index contributed by atoms with van der Waals surface area (Å²) in [5.74, 6) is -0.180. The predicted octanol–water partition coefficient (Wildman–Crippen LogP) is 1.92. The first-order chi connectivity index (χ1) is 8.07. The van der Waals surface area contributed by atoms with E-state index in [0.29, 0.717) is 22.9 Å². The number of carbonyl (C=O) groups is 1. The van der Waals surface area contributed by atoms with Gasteiger partial charge in [0.1, 0.15) is 5.03 Å². The number of carboxylic acid groups (broad SMARTS) is 1. The van der Waals surface area contributed by atoms with E-state index in [2.05, 4.69) is 10.2 Å². The molecule has 1 rings (SSSR count). The molecule has 1 aromatic rings. The molecule has 0 unspecified atom stereocenters. The lowest BCUT2D eigenvalue weighted by molar-refractivity contribution is 0.0690. The van der Waals surface area contributed by atoms with Crippen molar-refractivity contribution >= 4 is 17.7 Å². The Balaban J connectivity index is 2.84. The SMILES string of the molecule is COCCCSc1nnc(C)c(C)c1C(=O)O. The molecule has 1 N–H and O–H groups in total. The molecule has 94 valence electrons. The lowest BCUT2D eigenvalue weighted by atomic mass is 10.1. The normalized spacial score (nSPS) is 10.5. The van der Waals surface area contributed by atoms with Crippen molar-refractivity contribution in [2.24, 2.45) is 0 Å². The molecule has 0 aliphatic rings. The summed E-state index contributed by atoms with van der Waals surface area (Å²) in [5, 5.41) is 17.6. The van der Waals surface area contributed by atoms with Gasteiger partial charge in [-0.25, -0.2) is 4.79 Å². The third-order valence-electron chi connectivity index (χ3n) is 2.37. The molecule has 0 aliphatic carbocycles. The fourth-order valence-electron chi connectivity index (χ4n) is 1.31. The Bertz CT molecular complexity index is 410. The van der Waals surface area contributed by atoms with Crippen LogP contribution in [0.25, 0.3) is 0 Å². The van der Waals surface area contributed by atoms with Crippen molar-refractivity contribution in [3.63, 3.8) is 0 Å². The van der Waals surface area contributed by atoms with Gasteiger partial charge < -0.3 is 9.84 Å². The van der Waals surface area contributed by atoms with E-state index in [1.807, 2.05) is 0 Å². The summed E-state index contributed by atoms with van der Waals surface area (Å²) in [4.78, 5) is 11.2. The summed E-state index contributed by atoms with van der Waals surface area (Å²) in [5.41, 5.74) is 1.60. The topological polar surface area (TPSA) is 72.3 Å². The van der Waals surface area contributed by atoms with E-state index in [0.717, 1.165) is 12.2 Å². The minimum absolute atomic E-state index is 0.264. The standard InChI is InChI=1S/C11H16N2O3S/c1-7-8(2)12-13-10(9(7)11(14)15)17-6-4-5-16-3/h4-6H2,1-3H3,(H,14,15). The van der Waals surface area contributed by atoms with E-state index in [1.54, 1.807) is 21.0 Å². The Labute approximate surface area is 105 Å². The minimum Gasteiger partial charge on any atom is -0.478 e. The number of ether oxygens (including phenoxy) is 1. The highest BCUT2D eigenvalue weighted by atomic mass is 32.2. The Kier molecular flexibility index (Phi) is 5.37. The number of aryl methyl sites for hydroxylation is 1. The van der Waals surface area contributed by atoms with Crippen LogP contribution in [0.2, 0.25) is 0 Å². The lowest BCUT2D eigenvalue weighted by Gasteiger charge is -2.08. The van der Waals surface area contributed by atoms with Gasteiger partial charge in [-0.2, -0.15) is 5.10 Å². The van der Waals surface area contributed by atoms with E-state index in [1.165, 1.54) is 11.8 Å². The van der Waals surface area contributed by atoms with Crippen LogP contribution in [-0.4, -0.2) is 40.7 Å². The number of rotatable bonds is 6. The molecule has 0 fully saturated rings. The summed E-state index contributed by atoms with van der Waals surface area (Å²) in [7, 11) is 1.64. The number of aromatic nitrogens is 2. The van der Waals surface area contributed by atoms with Crippen molar-refractivity contribution in [2.45, 2.75) is 25.3 Å². The van der Waals surface area contributed by atoms with Crippen LogP contribution in [0.15, 0.2) is 5.03 Å². The predicted molar refractivity (Wildman–Crippen MR) is 65.7 cm³/mol. The molecular weight excluding hydrogens is 240 g/mol. The minimum atomic E-state index is -0.949. The second-order valence-corrected chi connectivity index (χ2v) is 4.67. The average Bonchev–Trinajstić information content (AvgIpc) is 2.28. The van der Waals surface area contributed by atoms with Crippen molar-refractivity contribution in [2.75, 3.05) is 19.5 Å². The summed E-state index contributed by atoms with van der Waals surface area (Å²) in [6.45, 7) is 4.18. The van der Waals surface area contributed by atoms with Gasteiger partial charge >= 0.3 is 5.97 Å². The molecule has 0 bridgehead atoms. The number of hydrogen-bond donors (Lipinski definition) is 1. The van der Waals surface area contributed by atoms with Crippen molar-refractivity contribution in [3.8, 4) is 0 Å². The van der Waals surface area contributed by atoms with Crippen LogP contribution in [0.3, 0.4) is 0 Å². The molecular formula is C11H16N2O3S. The second-order valence-electron chi connectivity index (χ2n) is 3.59. The highest BCUT2D eigenvalue weighted by Crippen LogP contribution is 2.24. The van der Waals surface area contributed by atoms with E-state index < -0.39 is 5.97 Å². The quantitative estimate of drug-likeness (QED) is 0.619. The molecule has 0 saturated heterocycles.